The number of rotatable bonds is 6. The Labute approximate surface area is 131 Å². The van der Waals surface area contributed by atoms with Gasteiger partial charge in [0, 0.05) is 25.3 Å². The van der Waals surface area contributed by atoms with E-state index in [0.29, 0.717) is 6.61 Å². The predicted octanol–water partition coefficient (Wildman–Crippen LogP) is 1.89. The molecule has 0 heterocycles. The van der Waals surface area contributed by atoms with Crippen molar-refractivity contribution >= 4 is 17.5 Å². The Bertz CT molecular complexity index is 538. The Balaban J connectivity index is 2.13. The predicted molar refractivity (Wildman–Crippen MR) is 85.7 cm³/mol. The molecule has 5 heteroatoms. The molecule has 2 amide bonds. The van der Waals surface area contributed by atoms with Crippen LogP contribution in [0.4, 0.5) is 5.69 Å². The zero-order valence-electron chi connectivity index (χ0n) is 13.5. The third-order valence-corrected chi connectivity index (χ3v) is 4.10. The van der Waals surface area contributed by atoms with E-state index in [1.54, 1.807) is 11.9 Å². The lowest BCUT2D eigenvalue weighted by Gasteiger charge is -2.37. The molecule has 1 aromatic carbocycles. The van der Waals surface area contributed by atoms with Gasteiger partial charge < -0.3 is 15.0 Å². The van der Waals surface area contributed by atoms with Crippen molar-refractivity contribution in [3.63, 3.8) is 0 Å². The van der Waals surface area contributed by atoms with Crippen LogP contribution in [0.3, 0.4) is 0 Å². The van der Waals surface area contributed by atoms with Gasteiger partial charge in [-0.1, -0.05) is 18.2 Å². The third-order valence-electron chi connectivity index (χ3n) is 4.10. The average Bonchev–Trinajstić information content (AvgIpc) is 2.48. The number of benzene rings is 1. The fourth-order valence-electron chi connectivity index (χ4n) is 2.73. The Hall–Kier alpha value is -1.88. The van der Waals surface area contributed by atoms with E-state index in [4.69, 9.17) is 4.74 Å². The van der Waals surface area contributed by atoms with Crippen LogP contribution in [-0.4, -0.2) is 38.1 Å². The van der Waals surface area contributed by atoms with Crippen LogP contribution < -0.4 is 10.2 Å². The monoisotopic (exact) mass is 304 g/mol. The maximum atomic E-state index is 12.8. The van der Waals surface area contributed by atoms with Gasteiger partial charge in [0.1, 0.15) is 6.54 Å². The van der Waals surface area contributed by atoms with Crippen LogP contribution in [0.5, 0.6) is 0 Å². The van der Waals surface area contributed by atoms with Crippen molar-refractivity contribution in [2.75, 3.05) is 25.1 Å². The van der Waals surface area contributed by atoms with Gasteiger partial charge in [0.25, 0.3) is 0 Å². The second kappa shape index (κ2) is 7.40. The lowest BCUT2D eigenvalue weighted by atomic mass is 9.81. The molecule has 0 atom stereocenters. The summed E-state index contributed by atoms with van der Waals surface area (Å²) < 4.78 is 5.52. The molecule has 0 bridgehead atoms. The topological polar surface area (TPSA) is 58.6 Å². The van der Waals surface area contributed by atoms with Crippen molar-refractivity contribution in [3.8, 4) is 0 Å². The standard InChI is InChI=1S/C17H24N2O3/c1-4-22-14-9-13(10-14)17(21)19(11-16(20)18-3)15-8-6-5-7-12(15)2/h5-8,13-14H,4,9-11H2,1-3H3,(H,18,20). The van der Waals surface area contributed by atoms with E-state index in [1.807, 2.05) is 38.1 Å². The van der Waals surface area contributed by atoms with Gasteiger partial charge in [-0.25, -0.2) is 0 Å². The highest BCUT2D eigenvalue weighted by Crippen LogP contribution is 2.33. The van der Waals surface area contributed by atoms with E-state index in [9.17, 15) is 9.59 Å². The second-order valence-corrected chi connectivity index (χ2v) is 5.63. The largest absolute Gasteiger partial charge is 0.378 e. The van der Waals surface area contributed by atoms with Gasteiger partial charge in [-0.05, 0) is 38.3 Å². The highest BCUT2D eigenvalue weighted by atomic mass is 16.5. The van der Waals surface area contributed by atoms with E-state index in [1.165, 1.54) is 0 Å². The Morgan fingerprint density at radius 1 is 1.32 bits per heavy atom. The van der Waals surface area contributed by atoms with Gasteiger partial charge in [-0.15, -0.1) is 0 Å². The van der Waals surface area contributed by atoms with E-state index in [2.05, 4.69) is 5.32 Å². The fraction of sp³-hybridized carbons (Fsp3) is 0.529. The first-order valence-electron chi connectivity index (χ1n) is 7.76. The number of aryl methyl sites for hydroxylation is 1. The highest BCUT2D eigenvalue weighted by Gasteiger charge is 2.38. The number of ether oxygens (including phenoxy) is 1. The van der Waals surface area contributed by atoms with Gasteiger partial charge in [-0.2, -0.15) is 0 Å². The van der Waals surface area contributed by atoms with Crippen LogP contribution in [0.2, 0.25) is 0 Å². The van der Waals surface area contributed by atoms with Crippen LogP contribution in [0.15, 0.2) is 24.3 Å². The first kappa shape index (κ1) is 16.5. The number of nitrogens with zero attached hydrogens (tertiary/aromatic N) is 1. The lowest BCUT2D eigenvalue weighted by Crippen LogP contribution is -2.48. The molecule has 0 spiro atoms. The maximum Gasteiger partial charge on any atom is 0.239 e. The van der Waals surface area contributed by atoms with Crippen LogP contribution in [0, 0.1) is 12.8 Å². The summed E-state index contributed by atoms with van der Waals surface area (Å²) in [6.07, 6.45) is 1.66. The molecule has 1 fully saturated rings. The molecule has 0 aromatic heterocycles. The molecule has 1 aromatic rings. The summed E-state index contributed by atoms with van der Waals surface area (Å²) in [7, 11) is 1.58. The number of para-hydroxylation sites is 1. The molecule has 5 nitrogen and oxygen atoms in total. The minimum absolute atomic E-state index is 0.00820. The van der Waals surface area contributed by atoms with Crippen molar-refractivity contribution in [3.05, 3.63) is 29.8 Å². The van der Waals surface area contributed by atoms with Gasteiger partial charge in [0.2, 0.25) is 11.8 Å². The number of nitrogens with one attached hydrogen (secondary N) is 1. The summed E-state index contributed by atoms with van der Waals surface area (Å²) in [6, 6.07) is 7.64. The van der Waals surface area contributed by atoms with Crippen LogP contribution in [0.1, 0.15) is 25.3 Å². The summed E-state index contributed by atoms with van der Waals surface area (Å²) in [5.41, 5.74) is 1.79. The molecule has 0 saturated heterocycles. The van der Waals surface area contributed by atoms with Crippen molar-refractivity contribution < 1.29 is 14.3 Å². The molecule has 0 unspecified atom stereocenters. The van der Waals surface area contributed by atoms with Crippen molar-refractivity contribution in [2.24, 2.45) is 5.92 Å². The summed E-state index contributed by atoms with van der Waals surface area (Å²) in [5, 5.41) is 2.59. The minimum atomic E-state index is -0.169. The summed E-state index contributed by atoms with van der Waals surface area (Å²) in [4.78, 5) is 26.1. The number of likely N-dealkylation sites (N-methyl/N-ethyl adjacent to an activating group) is 1. The zero-order valence-corrected chi connectivity index (χ0v) is 13.5. The SMILES string of the molecule is CCOC1CC(C(=O)N(CC(=O)NC)c2ccccc2C)C1. The molecule has 1 aliphatic rings. The van der Waals surface area contributed by atoms with Gasteiger partial charge in [0.15, 0.2) is 0 Å². The fourth-order valence-corrected chi connectivity index (χ4v) is 2.73. The first-order chi connectivity index (χ1) is 10.6. The summed E-state index contributed by atoms with van der Waals surface area (Å²) in [5.74, 6) is -0.216. The molecular weight excluding hydrogens is 280 g/mol. The van der Waals surface area contributed by atoms with Gasteiger partial charge in [0.05, 0.1) is 6.10 Å². The molecule has 1 N–H and O–H groups in total. The van der Waals surface area contributed by atoms with Crippen molar-refractivity contribution in [1.29, 1.82) is 0 Å². The Morgan fingerprint density at radius 3 is 2.59 bits per heavy atom. The normalized spacial score (nSPS) is 20.1. The number of anilines is 1. The lowest BCUT2D eigenvalue weighted by molar-refractivity contribution is -0.132. The Kier molecular flexibility index (Phi) is 5.55. The average molecular weight is 304 g/mol. The molecule has 2 rings (SSSR count). The zero-order chi connectivity index (χ0) is 16.1. The number of amides is 2. The third kappa shape index (κ3) is 3.65. The molecular formula is C17H24N2O3. The molecule has 22 heavy (non-hydrogen) atoms. The number of carbonyl (C=O) groups is 2. The van der Waals surface area contributed by atoms with Gasteiger partial charge in [-0.3, -0.25) is 9.59 Å². The minimum Gasteiger partial charge on any atom is -0.378 e. The van der Waals surface area contributed by atoms with Crippen molar-refractivity contribution in [2.45, 2.75) is 32.8 Å². The van der Waals surface area contributed by atoms with Crippen LogP contribution in [0.25, 0.3) is 0 Å². The number of carbonyl (C=O) groups excluding carboxylic acids is 2. The van der Waals surface area contributed by atoms with Crippen molar-refractivity contribution in [1.82, 2.24) is 5.32 Å². The van der Waals surface area contributed by atoms with E-state index < -0.39 is 0 Å². The summed E-state index contributed by atoms with van der Waals surface area (Å²) in [6.45, 7) is 4.63. The Morgan fingerprint density at radius 2 is 2.00 bits per heavy atom. The van der Waals surface area contributed by atoms with Crippen LogP contribution >= 0.6 is 0 Å². The second-order valence-electron chi connectivity index (χ2n) is 5.63. The van der Waals surface area contributed by atoms with E-state index in [0.717, 1.165) is 24.1 Å². The quantitative estimate of drug-likeness (QED) is 0.873. The smallest absolute Gasteiger partial charge is 0.239 e. The number of hydrogen-bond acceptors (Lipinski definition) is 3. The molecule has 0 radical (unpaired) electrons. The molecule has 0 aliphatic heterocycles. The highest BCUT2D eigenvalue weighted by molar-refractivity contribution is 6.00. The number of hydrogen-bond donors (Lipinski definition) is 1. The molecule has 120 valence electrons. The van der Waals surface area contributed by atoms with E-state index in [-0.39, 0.29) is 30.4 Å². The maximum absolute atomic E-state index is 12.8. The summed E-state index contributed by atoms with van der Waals surface area (Å²) >= 11 is 0. The van der Waals surface area contributed by atoms with Gasteiger partial charge >= 0.3 is 0 Å². The molecule has 1 aliphatic carbocycles. The first-order valence-corrected chi connectivity index (χ1v) is 7.76. The van der Waals surface area contributed by atoms with E-state index >= 15 is 0 Å². The molecule has 1 saturated carbocycles. The van der Waals surface area contributed by atoms with Crippen LogP contribution in [-0.2, 0) is 14.3 Å².